The van der Waals surface area contributed by atoms with E-state index in [1.54, 1.807) is 0 Å². The maximum absolute atomic E-state index is 12.6. The van der Waals surface area contributed by atoms with Crippen molar-refractivity contribution in [1.29, 1.82) is 0 Å². The Morgan fingerprint density at radius 2 is 0.656 bits per heavy atom. The first-order valence-electron chi connectivity index (χ1n) is 28.4. The summed E-state index contributed by atoms with van der Waals surface area (Å²) in [5, 5.41) is 44.0. The Labute approximate surface area is 398 Å². The lowest BCUT2D eigenvalue weighted by molar-refractivity contribution is -0.132. The lowest BCUT2D eigenvalue weighted by atomic mass is 10.00. The first kappa shape index (κ1) is 62.5. The van der Waals surface area contributed by atoms with Crippen molar-refractivity contribution < 1.29 is 25.2 Å². The van der Waals surface area contributed by atoms with Crippen LogP contribution in [0.3, 0.4) is 0 Å². The number of hydrogen-bond donors (Lipinski definition) is 5. The van der Waals surface area contributed by atoms with E-state index in [0.717, 1.165) is 51.4 Å². The fourth-order valence-corrected chi connectivity index (χ4v) is 8.85. The van der Waals surface area contributed by atoms with Crippen LogP contribution in [0.15, 0.2) is 36.5 Å². The highest BCUT2D eigenvalue weighted by molar-refractivity contribution is 5.80. The number of amides is 1. The summed E-state index contributed by atoms with van der Waals surface area (Å²) >= 11 is 0. The number of aliphatic hydroxyl groups excluding tert-OH is 4. The molecule has 0 aromatic heterocycles. The molecule has 378 valence electrons. The Morgan fingerprint density at radius 1 is 0.375 bits per heavy atom. The SMILES string of the molecule is CCCCCCCCCCCCC/C=C/CC/C=C/CC/C=C/CCCC(O)C(O)C(CO)NC(=O)C(O)CCCCCCCCCCCCCCCCCCCCCCCCCC. The fourth-order valence-electron chi connectivity index (χ4n) is 8.85. The molecule has 5 N–H and O–H groups in total. The second-order valence-corrected chi connectivity index (χ2v) is 19.6. The molecule has 0 aromatic rings. The molecular weight excluding hydrogens is 791 g/mol. The minimum atomic E-state index is -1.29. The van der Waals surface area contributed by atoms with Gasteiger partial charge in [-0.05, 0) is 64.2 Å². The van der Waals surface area contributed by atoms with Crippen molar-refractivity contribution in [3.8, 4) is 0 Å². The highest BCUT2D eigenvalue weighted by Crippen LogP contribution is 2.17. The van der Waals surface area contributed by atoms with Crippen LogP contribution in [0.2, 0.25) is 0 Å². The van der Waals surface area contributed by atoms with Gasteiger partial charge >= 0.3 is 0 Å². The number of hydrogen-bond acceptors (Lipinski definition) is 5. The molecule has 0 saturated heterocycles. The van der Waals surface area contributed by atoms with E-state index in [2.05, 4.69) is 55.6 Å². The van der Waals surface area contributed by atoms with E-state index in [1.807, 2.05) is 0 Å². The van der Waals surface area contributed by atoms with Gasteiger partial charge in [-0.3, -0.25) is 4.79 Å². The number of carbonyl (C=O) groups excluding carboxylic acids is 1. The average molecular weight is 903 g/mol. The standard InChI is InChI=1S/C58H111NO5/c1-3-5-7-9-11-13-15-17-19-21-23-25-27-29-31-33-35-37-39-41-43-45-47-49-51-55(61)57(63)54(53-60)59-58(64)56(62)52-50-48-46-44-42-40-38-36-34-32-30-28-26-24-22-20-18-16-14-12-10-8-6-4-2/h27,29,35,37,43,45,54-57,60-63H,3-26,28,30-34,36,38-42,44,46-53H2,1-2H3,(H,59,64)/b29-27+,37-35+,45-43+. The van der Waals surface area contributed by atoms with Gasteiger partial charge in [-0.15, -0.1) is 0 Å². The van der Waals surface area contributed by atoms with E-state index in [1.165, 1.54) is 212 Å². The zero-order valence-electron chi connectivity index (χ0n) is 42.8. The molecule has 0 bridgehead atoms. The molecule has 0 heterocycles. The fraction of sp³-hybridized carbons (Fsp3) is 0.879. The van der Waals surface area contributed by atoms with Gasteiger partial charge in [-0.25, -0.2) is 0 Å². The normalized spacial score (nSPS) is 14.0. The summed E-state index contributed by atoms with van der Waals surface area (Å²) in [5.74, 6) is -0.595. The summed E-state index contributed by atoms with van der Waals surface area (Å²) in [6.45, 7) is 4.07. The van der Waals surface area contributed by atoms with Crippen molar-refractivity contribution in [3.63, 3.8) is 0 Å². The van der Waals surface area contributed by atoms with Gasteiger partial charge in [0.2, 0.25) is 5.91 Å². The van der Waals surface area contributed by atoms with E-state index < -0.39 is 36.9 Å². The zero-order chi connectivity index (χ0) is 46.7. The molecule has 0 aliphatic rings. The topological polar surface area (TPSA) is 110 Å². The van der Waals surface area contributed by atoms with E-state index >= 15 is 0 Å². The summed E-state index contributed by atoms with van der Waals surface area (Å²) in [6, 6.07) is -1.01. The molecule has 0 rings (SSSR count). The van der Waals surface area contributed by atoms with Gasteiger partial charge < -0.3 is 25.7 Å². The Balaban J connectivity index is 3.69. The van der Waals surface area contributed by atoms with Gasteiger partial charge in [0.1, 0.15) is 12.2 Å². The maximum atomic E-state index is 12.6. The second kappa shape index (κ2) is 52.5. The van der Waals surface area contributed by atoms with Gasteiger partial charge in [0.25, 0.3) is 0 Å². The molecular formula is C58H111NO5. The minimum Gasteiger partial charge on any atom is -0.394 e. The number of unbranched alkanes of at least 4 members (excludes halogenated alkanes) is 37. The summed E-state index contributed by atoms with van der Waals surface area (Å²) in [4.78, 5) is 12.6. The third-order valence-corrected chi connectivity index (χ3v) is 13.3. The predicted molar refractivity (Wildman–Crippen MR) is 279 cm³/mol. The lowest BCUT2D eigenvalue weighted by Gasteiger charge is -2.27. The first-order valence-corrected chi connectivity index (χ1v) is 28.4. The van der Waals surface area contributed by atoms with Crippen molar-refractivity contribution in [2.24, 2.45) is 0 Å². The Hall–Kier alpha value is -1.47. The quantitative estimate of drug-likeness (QED) is 0.0309. The Morgan fingerprint density at radius 3 is 0.984 bits per heavy atom. The van der Waals surface area contributed by atoms with Gasteiger partial charge in [0.15, 0.2) is 0 Å². The van der Waals surface area contributed by atoms with Crippen LogP contribution in [-0.2, 0) is 4.79 Å². The molecule has 0 radical (unpaired) electrons. The average Bonchev–Trinajstić information content (AvgIpc) is 3.30. The molecule has 4 atom stereocenters. The molecule has 0 aromatic carbocycles. The highest BCUT2D eigenvalue weighted by atomic mass is 16.3. The largest absolute Gasteiger partial charge is 0.394 e. The number of nitrogens with one attached hydrogen (secondary N) is 1. The molecule has 6 heteroatoms. The third-order valence-electron chi connectivity index (χ3n) is 13.3. The Bertz CT molecular complexity index is 1010. The monoisotopic (exact) mass is 902 g/mol. The number of aliphatic hydroxyl groups is 4. The molecule has 6 nitrogen and oxygen atoms in total. The molecule has 1 amide bonds. The summed E-state index contributed by atoms with van der Waals surface area (Å²) in [5.41, 5.74) is 0. The minimum absolute atomic E-state index is 0.362. The second-order valence-electron chi connectivity index (χ2n) is 19.6. The number of rotatable bonds is 52. The maximum Gasteiger partial charge on any atom is 0.249 e. The lowest BCUT2D eigenvalue weighted by Crippen LogP contribution is -2.53. The summed E-state index contributed by atoms with van der Waals surface area (Å²) in [6.07, 6.45) is 65.0. The van der Waals surface area contributed by atoms with Crippen LogP contribution < -0.4 is 5.32 Å². The van der Waals surface area contributed by atoms with Crippen LogP contribution in [0.4, 0.5) is 0 Å². The molecule has 0 saturated carbocycles. The molecule has 64 heavy (non-hydrogen) atoms. The van der Waals surface area contributed by atoms with Crippen molar-refractivity contribution in [3.05, 3.63) is 36.5 Å². The van der Waals surface area contributed by atoms with E-state index in [4.69, 9.17) is 0 Å². The van der Waals surface area contributed by atoms with Crippen LogP contribution in [0.1, 0.15) is 296 Å². The van der Waals surface area contributed by atoms with E-state index in [-0.39, 0.29) is 0 Å². The van der Waals surface area contributed by atoms with Crippen molar-refractivity contribution in [2.75, 3.05) is 6.61 Å². The van der Waals surface area contributed by atoms with Crippen LogP contribution in [0, 0.1) is 0 Å². The molecule has 4 unspecified atom stereocenters. The zero-order valence-corrected chi connectivity index (χ0v) is 42.8. The predicted octanol–water partition coefficient (Wildman–Crippen LogP) is 16.4. The molecule has 0 aliphatic heterocycles. The molecule has 0 aliphatic carbocycles. The molecule has 0 spiro atoms. The van der Waals surface area contributed by atoms with Crippen LogP contribution in [0.5, 0.6) is 0 Å². The van der Waals surface area contributed by atoms with Crippen molar-refractivity contribution in [1.82, 2.24) is 5.32 Å². The van der Waals surface area contributed by atoms with Gasteiger partial charge in [-0.1, -0.05) is 269 Å². The summed E-state index contributed by atoms with van der Waals surface area (Å²) in [7, 11) is 0. The first-order chi connectivity index (χ1) is 31.5. The van der Waals surface area contributed by atoms with Crippen molar-refractivity contribution in [2.45, 2.75) is 321 Å². The number of allylic oxidation sites excluding steroid dienone is 6. The van der Waals surface area contributed by atoms with Crippen LogP contribution in [-0.4, -0.2) is 57.3 Å². The van der Waals surface area contributed by atoms with Crippen molar-refractivity contribution >= 4 is 5.91 Å². The van der Waals surface area contributed by atoms with Crippen LogP contribution in [0.25, 0.3) is 0 Å². The highest BCUT2D eigenvalue weighted by Gasteiger charge is 2.28. The molecule has 0 fully saturated rings. The van der Waals surface area contributed by atoms with E-state index in [9.17, 15) is 25.2 Å². The van der Waals surface area contributed by atoms with Gasteiger partial charge in [0.05, 0.1) is 18.8 Å². The Kier molecular flexibility index (Phi) is 51.3. The smallest absolute Gasteiger partial charge is 0.249 e. The van der Waals surface area contributed by atoms with Gasteiger partial charge in [-0.2, -0.15) is 0 Å². The van der Waals surface area contributed by atoms with Gasteiger partial charge in [0, 0.05) is 0 Å². The third kappa shape index (κ3) is 45.7. The van der Waals surface area contributed by atoms with E-state index in [0.29, 0.717) is 19.3 Å². The van der Waals surface area contributed by atoms with Crippen LogP contribution >= 0.6 is 0 Å². The summed E-state index contributed by atoms with van der Waals surface area (Å²) < 4.78 is 0. The number of carbonyl (C=O) groups is 1.